The van der Waals surface area contributed by atoms with Gasteiger partial charge in [-0.1, -0.05) is 30.3 Å². The van der Waals surface area contributed by atoms with Crippen molar-refractivity contribution in [2.45, 2.75) is 5.75 Å². The van der Waals surface area contributed by atoms with Gasteiger partial charge in [0.15, 0.2) is 9.84 Å². The molecule has 0 aliphatic carbocycles. The lowest BCUT2D eigenvalue weighted by molar-refractivity contribution is 0.601. The van der Waals surface area contributed by atoms with Crippen LogP contribution in [0.1, 0.15) is 5.56 Å². The van der Waals surface area contributed by atoms with Crippen molar-refractivity contribution in [1.82, 2.24) is 9.97 Å². The molecule has 0 aliphatic rings. The van der Waals surface area contributed by atoms with Crippen molar-refractivity contribution in [3.05, 3.63) is 48.0 Å². The molecule has 2 aromatic carbocycles. The van der Waals surface area contributed by atoms with Gasteiger partial charge in [0.1, 0.15) is 0 Å². The van der Waals surface area contributed by atoms with Gasteiger partial charge >= 0.3 is 0 Å². The molecule has 3 aromatic rings. The van der Waals surface area contributed by atoms with Crippen LogP contribution < -0.4 is 11.5 Å². The summed E-state index contributed by atoms with van der Waals surface area (Å²) < 4.78 is 22.7. The molecule has 0 amide bonds. The number of benzene rings is 2. The fourth-order valence-corrected chi connectivity index (χ4v) is 3.30. The van der Waals surface area contributed by atoms with E-state index in [1.54, 1.807) is 18.2 Å². The molecule has 0 saturated heterocycles. The van der Waals surface area contributed by atoms with Crippen molar-refractivity contribution < 1.29 is 8.42 Å². The van der Waals surface area contributed by atoms with Gasteiger partial charge in [0, 0.05) is 22.9 Å². The number of nitrogens with zero attached hydrogens (tertiary/aromatic N) is 2. The van der Waals surface area contributed by atoms with Gasteiger partial charge < -0.3 is 11.5 Å². The van der Waals surface area contributed by atoms with Crippen molar-refractivity contribution >= 4 is 32.4 Å². The average Bonchev–Trinajstić information content (AvgIpc) is 2.45. The van der Waals surface area contributed by atoms with E-state index in [0.29, 0.717) is 16.9 Å². The number of anilines is 2. The van der Waals surface area contributed by atoms with Gasteiger partial charge in [-0.05, 0) is 17.7 Å². The van der Waals surface area contributed by atoms with Crippen molar-refractivity contribution in [3.8, 4) is 11.3 Å². The number of sulfone groups is 1. The van der Waals surface area contributed by atoms with Gasteiger partial charge in [0.2, 0.25) is 5.95 Å². The highest BCUT2D eigenvalue weighted by atomic mass is 32.2. The van der Waals surface area contributed by atoms with Crippen LogP contribution in [0.5, 0.6) is 0 Å². The first-order chi connectivity index (χ1) is 10.8. The Morgan fingerprint density at radius 2 is 1.70 bits per heavy atom. The maximum atomic E-state index is 11.4. The molecule has 1 heterocycles. The zero-order chi connectivity index (χ0) is 16.6. The number of nitrogens with two attached hydrogens (primary N) is 2. The van der Waals surface area contributed by atoms with Crippen LogP contribution in [0.3, 0.4) is 0 Å². The third-order valence-electron chi connectivity index (χ3n) is 3.43. The molecule has 6 nitrogen and oxygen atoms in total. The Morgan fingerprint density at radius 3 is 2.35 bits per heavy atom. The molecule has 0 radical (unpaired) electrons. The Balaban J connectivity index is 2.13. The molecule has 118 valence electrons. The summed E-state index contributed by atoms with van der Waals surface area (Å²) in [6.07, 6.45) is 1.21. The highest BCUT2D eigenvalue weighted by molar-refractivity contribution is 7.89. The second kappa shape index (κ2) is 5.51. The molecule has 0 saturated carbocycles. The maximum Gasteiger partial charge on any atom is 0.221 e. The van der Waals surface area contributed by atoms with Crippen LogP contribution in [-0.4, -0.2) is 24.6 Å². The van der Waals surface area contributed by atoms with Gasteiger partial charge in [0.25, 0.3) is 0 Å². The molecular weight excluding hydrogens is 312 g/mol. The number of nitrogen functional groups attached to an aromatic ring is 2. The van der Waals surface area contributed by atoms with Gasteiger partial charge in [-0.15, -0.1) is 0 Å². The van der Waals surface area contributed by atoms with E-state index in [1.165, 1.54) is 6.26 Å². The van der Waals surface area contributed by atoms with E-state index < -0.39 is 9.84 Å². The minimum absolute atomic E-state index is 0.00206. The molecule has 0 aliphatic heterocycles. The third-order valence-corrected chi connectivity index (χ3v) is 4.29. The van der Waals surface area contributed by atoms with Crippen molar-refractivity contribution in [2.75, 3.05) is 17.7 Å². The summed E-state index contributed by atoms with van der Waals surface area (Å²) in [6, 6.07) is 12.6. The Hall–Kier alpha value is -2.67. The molecule has 0 fully saturated rings. The molecule has 23 heavy (non-hydrogen) atoms. The van der Waals surface area contributed by atoms with Crippen LogP contribution in [0.4, 0.5) is 11.6 Å². The Labute approximate surface area is 134 Å². The Bertz CT molecular complexity index is 983. The van der Waals surface area contributed by atoms with E-state index in [4.69, 9.17) is 11.5 Å². The Morgan fingerprint density at radius 1 is 1.00 bits per heavy atom. The molecule has 0 bridgehead atoms. The van der Waals surface area contributed by atoms with E-state index in [2.05, 4.69) is 9.97 Å². The normalized spacial score (nSPS) is 11.7. The molecule has 7 heteroatoms. The molecule has 0 unspecified atom stereocenters. The first kappa shape index (κ1) is 15.2. The third kappa shape index (κ3) is 3.24. The van der Waals surface area contributed by atoms with E-state index in [1.807, 2.05) is 24.3 Å². The van der Waals surface area contributed by atoms with Crippen LogP contribution in [-0.2, 0) is 15.6 Å². The number of rotatable bonds is 3. The molecule has 4 N–H and O–H groups in total. The van der Waals surface area contributed by atoms with E-state index >= 15 is 0 Å². The number of aromatic nitrogens is 2. The SMILES string of the molecule is CS(=O)(=O)Cc1ccc(-c2nc(N)nc3cccc(N)c23)cc1. The van der Waals surface area contributed by atoms with Gasteiger partial charge in [-0.25, -0.2) is 18.4 Å². The van der Waals surface area contributed by atoms with Gasteiger partial charge in [-0.2, -0.15) is 0 Å². The smallest absolute Gasteiger partial charge is 0.221 e. The van der Waals surface area contributed by atoms with E-state index in [0.717, 1.165) is 16.5 Å². The highest BCUT2D eigenvalue weighted by Crippen LogP contribution is 2.31. The van der Waals surface area contributed by atoms with Gasteiger partial charge in [0.05, 0.1) is 17.0 Å². The molecule has 3 rings (SSSR count). The quantitative estimate of drug-likeness (QED) is 0.711. The minimum Gasteiger partial charge on any atom is -0.398 e. The average molecular weight is 328 g/mol. The monoisotopic (exact) mass is 328 g/mol. The zero-order valence-electron chi connectivity index (χ0n) is 12.5. The van der Waals surface area contributed by atoms with Crippen LogP contribution >= 0.6 is 0 Å². The van der Waals surface area contributed by atoms with E-state index in [9.17, 15) is 8.42 Å². The fourth-order valence-electron chi connectivity index (χ4n) is 2.50. The summed E-state index contributed by atoms with van der Waals surface area (Å²) in [6.45, 7) is 0. The second-order valence-corrected chi connectivity index (χ2v) is 7.58. The number of hydrogen-bond acceptors (Lipinski definition) is 6. The van der Waals surface area contributed by atoms with Crippen molar-refractivity contribution in [2.24, 2.45) is 0 Å². The highest BCUT2D eigenvalue weighted by Gasteiger charge is 2.12. The predicted octanol–water partition coefficient (Wildman–Crippen LogP) is 2.01. The van der Waals surface area contributed by atoms with Crippen LogP contribution in [0.15, 0.2) is 42.5 Å². The summed E-state index contributed by atoms with van der Waals surface area (Å²) in [7, 11) is -3.07. The van der Waals surface area contributed by atoms with E-state index in [-0.39, 0.29) is 11.7 Å². The Kier molecular flexibility index (Phi) is 3.65. The maximum absolute atomic E-state index is 11.4. The molecule has 0 atom stereocenters. The number of fused-ring (bicyclic) bond motifs is 1. The summed E-state index contributed by atoms with van der Waals surface area (Å²) in [5.41, 5.74) is 15.2. The lowest BCUT2D eigenvalue weighted by Crippen LogP contribution is -2.01. The largest absolute Gasteiger partial charge is 0.398 e. The zero-order valence-corrected chi connectivity index (χ0v) is 13.3. The van der Waals surface area contributed by atoms with Gasteiger partial charge in [-0.3, -0.25) is 0 Å². The lowest BCUT2D eigenvalue weighted by atomic mass is 10.0. The second-order valence-electron chi connectivity index (χ2n) is 5.44. The van der Waals surface area contributed by atoms with Crippen LogP contribution in [0, 0.1) is 0 Å². The van der Waals surface area contributed by atoms with Crippen LogP contribution in [0.2, 0.25) is 0 Å². The summed E-state index contributed by atoms with van der Waals surface area (Å²) in [4.78, 5) is 8.50. The molecule has 1 aromatic heterocycles. The predicted molar refractivity (Wildman–Crippen MR) is 92.3 cm³/mol. The van der Waals surface area contributed by atoms with Crippen molar-refractivity contribution in [1.29, 1.82) is 0 Å². The topological polar surface area (TPSA) is 112 Å². The summed E-state index contributed by atoms with van der Waals surface area (Å²) in [5, 5.41) is 0.734. The first-order valence-electron chi connectivity index (χ1n) is 6.92. The minimum atomic E-state index is -3.07. The fraction of sp³-hybridized carbons (Fsp3) is 0.125. The van der Waals surface area contributed by atoms with Crippen molar-refractivity contribution in [3.63, 3.8) is 0 Å². The lowest BCUT2D eigenvalue weighted by Gasteiger charge is -2.09. The molecule has 0 spiro atoms. The first-order valence-corrected chi connectivity index (χ1v) is 8.98. The van der Waals surface area contributed by atoms with Crippen LogP contribution in [0.25, 0.3) is 22.2 Å². The standard InChI is InChI=1S/C16H16N4O2S/c1-23(21,22)9-10-5-7-11(8-6-10)15-14-12(17)3-2-4-13(14)19-16(18)20-15/h2-8H,9,17H2,1H3,(H2,18,19,20). The molecular formula is C16H16N4O2S. The summed E-state index contributed by atoms with van der Waals surface area (Å²) in [5.74, 6) is 0.167. The summed E-state index contributed by atoms with van der Waals surface area (Å²) >= 11 is 0. The number of hydrogen-bond donors (Lipinski definition) is 2.